The lowest BCUT2D eigenvalue weighted by Gasteiger charge is -2.34. The van der Waals surface area contributed by atoms with Crippen molar-refractivity contribution in [3.63, 3.8) is 0 Å². The molecule has 1 aliphatic rings. The van der Waals surface area contributed by atoms with Gasteiger partial charge >= 0.3 is 6.16 Å². The first-order valence-electron chi connectivity index (χ1n) is 14.1. The summed E-state index contributed by atoms with van der Waals surface area (Å²) in [7, 11) is -1.41. The number of furan rings is 1. The van der Waals surface area contributed by atoms with Crippen molar-refractivity contribution in [2.75, 3.05) is 46.3 Å². The molecular weight excluding hydrogens is 581 g/mol. The monoisotopic (exact) mass is 619 g/mol. The average Bonchev–Trinajstić information content (AvgIpc) is 3.32. The Bertz CT molecular complexity index is 1520. The van der Waals surface area contributed by atoms with E-state index in [2.05, 4.69) is 15.2 Å². The second kappa shape index (κ2) is 13.8. The lowest BCUT2D eigenvalue weighted by molar-refractivity contribution is -0.158. The maximum Gasteiger partial charge on any atom is 0.528 e. The number of nitrogens with one attached hydrogen (secondary N) is 1. The smallest absolute Gasteiger partial charge is 0.437 e. The summed E-state index contributed by atoms with van der Waals surface area (Å²) in [6, 6.07) is 7.41. The molecule has 0 aliphatic carbocycles. The first kappa shape index (κ1) is 32.3. The van der Waals surface area contributed by atoms with Crippen LogP contribution in [0, 0.1) is 5.82 Å². The number of benzene rings is 1. The van der Waals surface area contributed by atoms with Gasteiger partial charge in [-0.25, -0.2) is 22.6 Å². The van der Waals surface area contributed by atoms with Gasteiger partial charge in [0.2, 0.25) is 16.6 Å². The van der Waals surface area contributed by atoms with Crippen molar-refractivity contribution in [3.05, 3.63) is 53.0 Å². The lowest BCUT2D eigenvalue weighted by atomic mass is 10.0. The number of aromatic nitrogens is 1. The number of halogens is 1. The number of nitrogens with zero attached hydrogens (tertiary/aromatic N) is 4. The molecule has 1 aromatic carbocycles. The van der Waals surface area contributed by atoms with Gasteiger partial charge in [-0.05, 0) is 63.1 Å². The highest BCUT2D eigenvalue weighted by Crippen LogP contribution is 2.34. The molecule has 14 heteroatoms. The van der Waals surface area contributed by atoms with Crippen LogP contribution in [0.2, 0.25) is 0 Å². The fourth-order valence-corrected chi connectivity index (χ4v) is 5.27. The largest absolute Gasteiger partial charge is 0.528 e. The van der Waals surface area contributed by atoms with E-state index in [1.807, 2.05) is 6.92 Å². The van der Waals surface area contributed by atoms with E-state index in [-0.39, 0.29) is 36.0 Å². The zero-order chi connectivity index (χ0) is 31.3. The number of thiol groups is 1. The molecule has 234 valence electrons. The first-order valence-corrected chi connectivity index (χ1v) is 15.2. The number of rotatable bonds is 10. The SMILES string of the molecule is CCc1cc2c(C(=O)NC)c(-c3ccc(F)cc3)oc2nc1CN(CCN1CCN(OC(=O)OC(C)(C)C)CC1)[SH](=O)=O. The fourth-order valence-electron chi connectivity index (χ4n) is 4.77. The summed E-state index contributed by atoms with van der Waals surface area (Å²) in [6.07, 6.45) is -0.207. The van der Waals surface area contributed by atoms with Gasteiger partial charge in [0.25, 0.3) is 5.91 Å². The number of aryl methyl sites for hydroxylation is 1. The third-order valence-corrected chi connectivity index (χ3v) is 7.76. The Morgan fingerprint density at radius 2 is 1.81 bits per heavy atom. The zero-order valence-corrected chi connectivity index (χ0v) is 25.9. The van der Waals surface area contributed by atoms with Crippen LogP contribution in [0.3, 0.4) is 0 Å². The molecule has 1 fully saturated rings. The normalized spacial score (nSPS) is 14.9. The van der Waals surface area contributed by atoms with Crippen molar-refractivity contribution in [2.24, 2.45) is 0 Å². The predicted molar refractivity (Wildman–Crippen MR) is 158 cm³/mol. The molecule has 1 N–H and O–H groups in total. The van der Waals surface area contributed by atoms with E-state index in [1.54, 1.807) is 31.9 Å². The van der Waals surface area contributed by atoms with E-state index < -0.39 is 28.5 Å². The maximum absolute atomic E-state index is 13.6. The van der Waals surface area contributed by atoms with Gasteiger partial charge in [-0.15, -0.1) is 5.06 Å². The van der Waals surface area contributed by atoms with Crippen LogP contribution in [0.5, 0.6) is 0 Å². The summed E-state index contributed by atoms with van der Waals surface area (Å²) < 4.78 is 50.6. The number of ether oxygens (including phenoxy) is 1. The second-order valence-electron chi connectivity index (χ2n) is 11.1. The van der Waals surface area contributed by atoms with Crippen LogP contribution in [0.25, 0.3) is 22.4 Å². The van der Waals surface area contributed by atoms with Crippen molar-refractivity contribution in [1.82, 2.24) is 24.6 Å². The number of pyridine rings is 1. The molecule has 1 saturated heterocycles. The number of hydrogen-bond acceptors (Lipinski definition) is 10. The Hall–Kier alpha value is -3.59. The third kappa shape index (κ3) is 8.28. The molecule has 0 radical (unpaired) electrons. The number of carbonyl (C=O) groups excluding carboxylic acids is 2. The first-order chi connectivity index (χ1) is 20.4. The van der Waals surface area contributed by atoms with E-state index >= 15 is 0 Å². The van der Waals surface area contributed by atoms with Gasteiger partial charge in [-0.2, -0.15) is 4.31 Å². The summed E-state index contributed by atoms with van der Waals surface area (Å²) in [5.41, 5.74) is 1.62. The van der Waals surface area contributed by atoms with E-state index in [0.717, 1.165) is 5.56 Å². The third-order valence-electron chi connectivity index (χ3n) is 6.95. The summed E-state index contributed by atoms with van der Waals surface area (Å²) in [4.78, 5) is 36.8. The van der Waals surface area contributed by atoms with E-state index in [9.17, 15) is 22.4 Å². The van der Waals surface area contributed by atoms with Gasteiger partial charge in [0.1, 0.15) is 17.2 Å². The Balaban J connectivity index is 1.48. The Morgan fingerprint density at radius 3 is 2.40 bits per heavy atom. The van der Waals surface area contributed by atoms with Gasteiger partial charge in [-0.1, -0.05) is 6.92 Å². The van der Waals surface area contributed by atoms with Gasteiger partial charge in [0, 0.05) is 51.9 Å². The number of amides is 1. The highest BCUT2D eigenvalue weighted by Gasteiger charge is 2.26. The molecule has 4 rings (SSSR count). The number of hydroxylamine groups is 2. The summed E-state index contributed by atoms with van der Waals surface area (Å²) in [6.45, 7) is 10.0. The lowest BCUT2D eigenvalue weighted by Crippen LogP contribution is -2.49. The van der Waals surface area contributed by atoms with E-state index in [1.165, 1.54) is 35.6 Å². The van der Waals surface area contributed by atoms with E-state index in [0.29, 0.717) is 55.8 Å². The Labute approximate surface area is 251 Å². The van der Waals surface area contributed by atoms with Crippen molar-refractivity contribution in [3.8, 4) is 11.3 Å². The van der Waals surface area contributed by atoms with Crippen molar-refractivity contribution < 1.29 is 36.4 Å². The Kier molecular flexibility index (Phi) is 10.4. The number of hydrogen-bond donors (Lipinski definition) is 2. The van der Waals surface area contributed by atoms with Crippen molar-refractivity contribution >= 4 is 34.1 Å². The number of carbonyl (C=O) groups is 2. The highest BCUT2D eigenvalue weighted by atomic mass is 32.2. The van der Waals surface area contributed by atoms with Gasteiger partial charge in [-0.3, -0.25) is 9.69 Å². The summed E-state index contributed by atoms with van der Waals surface area (Å²) in [5, 5.41) is 4.65. The molecule has 0 atom stereocenters. The number of fused-ring (bicyclic) bond motifs is 1. The molecule has 2 aromatic heterocycles. The minimum absolute atomic E-state index is 0.0292. The predicted octanol–water partition coefficient (Wildman–Crippen LogP) is 3.37. The molecule has 0 bridgehead atoms. The number of piperazine rings is 1. The van der Waals surface area contributed by atoms with Gasteiger partial charge in [0.05, 0.1) is 23.2 Å². The molecule has 1 amide bonds. The molecule has 0 unspecified atom stereocenters. The van der Waals surface area contributed by atoms with Crippen LogP contribution >= 0.6 is 0 Å². The summed E-state index contributed by atoms with van der Waals surface area (Å²) in [5.74, 6) is -0.545. The maximum atomic E-state index is 13.6. The molecule has 1 aliphatic heterocycles. The minimum atomic E-state index is -2.92. The molecule has 0 saturated carbocycles. The average molecular weight is 620 g/mol. The Morgan fingerprint density at radius 1 is 1.14 bits per heavy atom. The molecule has 3 aromatic rings. The van der Waals surface area contributed by atoms with Crippen molar-refractivity contribution in [2.45, 2.75) is 46.3 Å². The quantitative estimate of drug-likeness (QED) is 0.257. The van der Waals surface area contributed by atoms with Gasteiger partial charge < -0.3 is 19.3 Å². The van der Waals surface area contributed by atoms with Crippen LogP contribution in [0.15, 0.2) is 34.7 Å². The van der Waals surface area contributed by atoms with Crippen LogP contribution < -0.4 is 5.32 Å². The van der Waals surface area contributed by atoms with Crippen LogP contribution in [0.1, 0.15) is 49.3 Å². The van der Waals surface area contributed by atoms with Gasteiger partial charge in [0.15, 0.2) is 0 Å². The van der Waals surface area contributed by atoms with Crippen molar-refractivity contribution in [1.29, 1.82) is 0 Å². The summed E-state index contributed by atoms with van der Waals surface area (Å²) >= 11 is 0. The molecule has 0 spiro atoms. The highest BCUT2D eigenvalue weighted by molar-refractivity contribution is 7.69. The van der Waals surface area contributed by atoms with Crippen LogP contribution in [-0.4, -0.2) is 91.6 Å². The second-order valence-corrected chi connectivity index (χ2v) is 12.2. The van der Waals surface area contributed by atoms with Crippen LogP contribution in [0.4, 0.5) is 9.18 Å². The topological polar surface area (TPSA) is 135 Å². The standard InChI is InChI=1S/C29H38FN5O7S/c1-6-19-17-22-24(26(36)31-5)25(20-7-9-21(30)10-8-20)40-27(22)32-23(19)18-35(43(38)39)16-13-33-11-14-34(15-12-33)42-28(37)41-29(2,3)4/h7-10,17,43H,6,11-16,18H2,1-5H3,(H,31,36). The zero-order valence-electron chi connectivity index (χ0n) is 25.0. The van der Waals surface area contributed by atoms with E-state index in [4.69, 9.17) is 14.0 Å². The van der Waals surface area contributed by atoms with Crippen LogP contribution in [-0.2, 0) is 33.4 Å². The molecular formula is C29H38FN5O7S. The molecule has 43 heavy (non-hydrogen) atoms. The molecule has 3 heterocycles. The fraction of sp³-hybridized carbons (Fsp3) is 0.483. The molecule has 12 nitrogen and oxygen atoms in total. The minimum Gasteiger partial charge on any atom is -0.437 e.